The average Bonchev–Trinajstić information content (AvgIpc) is 3.55. The van der Waals surface area contributed by atoms with Crippen molar-refractivity contribution in [2.24, 2.45) is 7.05 Å². The van der Waals surface area contributed by atoms with Gasteiger partial charge in [-0.3, -0.25) is 4.68 Å². The molecule has 1 saturated heterocycles. The van der Waals surface area contributed by atoms with Gasteiger partial charge in [-0.15, -0.1) is 0 Å². The minimum absolute atomic E-state index is 0.575. The SMILES string of the molecule is Cn1ncc2ccc(-c3cc(Nc4cccc(-c5ncco5)c4)nc(N4CCOCC4)n3)cc21. The Morgan fingerprint density at radius 1 is 0.971 bits per heavy atom. The van der Waals surface area contributed by atoms with Gasteiger partial charge in [-0.1, -0.05) is 18.2 Å². The van der Waals surface area contributed by atoms with Crippen LogP contribution in [0.3, 0.4) is 0 Å². The summed E-state index contributed by atoms with van der Waals surface area (Å²) in [5, 5.41) is 8.90. The van der Waals surface area contributed by atoms with Crippen molar-refractivity contribution < 1.29 is 9.15 Å². The molecule has 9 heteroatoms. The summed E-state index contributed by atoms with van der Waals surface area (Å²) in [6.07, 6.45) is 5.08. The molecule has 170 valence electrons. The second kappa shape index (κ2) is 8.60. The Kier molecular flexibility index (Phi) is 5.15. The maximum absolute atomic E-state index is 5.53. The number of oxazole rings is 1. The Hall–Kier alpha value is -4.24. The number of fused-ring (bicyclic) bond motifs is 1. The van der Waals surface area contributed by atoms with E-state index in [1.807, 2.05) is 48.3 Å². The predicted octanol–water partition coefficient (Wildman–Crippen LogP) is 4.27. The first-order chi connectivity index (χ1) is 16.7. The van der Waals surface area contributed by atoms with E-state index in [4.69, 9.17) is 19.1 Å². The fourth-order valence-electron chi connectivity index (χ4n) is 4.10. The summed E-state index contributed by atoms with van der Waals surface area (Å²) in [6.45, 7) is 2.83. The smallest absolute Gasteiger partial charge is 0.228 e. The molecule has 6 rings (SSSR count). The van der Waals surface area contributed by atoms with Crippen LogP contribution in [-0.2, 0) is 11.8 Å². The highest BCUT2D eigenvalue weighted by Gasteiger charge is 2.17. The molecule has 3 aromatic heterocycles. The number of rotatable bonds is 5. The summed E-state index contributed by atoms with van der Waals surface area (Å²) in [5.74, 6) is 1.96. The molecule has 34 heavy (non-hydrogen) atoms. The van der Waals surface area contributed by atoms with Gasteiger partial charge in [-0.05, 0) is 24.3 Å². The molecule has 1 aliphatic heterocycles. The molecule has 0 atom stereocenters. The number of benzene rings is 2. The third-order valence-electron chi connectivity index (χ3n) is 5.87. The van der Waals surface area contributed by atoms with Crippen LogP contribution in [0.25, 0.3) is 33.6 Å². The number of morpholine rings is 1. The Bertz CT molecular complexity index is 1440. The number of aromatic nitrogens is 5. The van der Waals surface area contributed by atoms with Gasteiger partial charge in [0.15, 0.2) is 0 Å². The number of ether oxygens (including phenoxy) is 1. The van der Waals surface area contributed by atoms with Crippen LogP contribution in [0.15, 0.2) is 71.6 Å². The normalized spacial score (nSPS) is 14.0. The van der Waals surface area contributed by atoms with Crippen LogP contribution in [0.5, 0.6) is 0 Å². The number of hydrogen-bond acceptors (Lipinski definition) is 8. The highest BCUT2D eigenvalue weighted by atomic mass is 16.5. The zero-order chi connectivity index (χ0) is 22.9. The van der Waals surface area contributed by atoms with E-state index in [0.717, 1.165) is 46.5 Å². The van der Waals surface area contributed by atoms with Crippen molar-refractivity contribution in [1.29, 1.82) is 0 Å². The maximum atomic E-state index is 5.53. The summed E-state index contributed by atoms with van der Waals surface area (Å²) in [6, 6.07) is 16.1. The lowest BCUT2D eigenvalue weighted by Gasteiger charge is -2.27. The molecule has 0 saturated carbocycles. The third kappa shape index (κ3) is 3.97. The van der Waals surface area contributed by atoms with Gasteiger partial charge in [-0.2, -0.15) is 10.1 Å². The Labute approximate surface area is 196 Å². The summed E-state index contributed by atoms with van der Waals surface area (Å²) in [7, 11) is 1.94. The molecule has 9 nitrogen and oxygen atoms in total. The minimum Gasteiger partial charge on any atom is -0.445 e. The molecule has 0 bridgehead atoms. The van der Waals surface area contributed by atoms with Crippen molar-refractivity contribution >= 4 is 28.4 Å². The molecule has 0 unspecified atom stereocenters. The van der Waals surface area contributed by atoms with E-state index in [-0.39, 0.29) is 0 Å². The molecule has 4 heterocycles. The number of nitrogens with one attached hydrogen (secondary N) is 1. The van der Waals surface area contributed by atoms with Gasteiger partial charge in [0.25, 0.3) is 0 Å². The van der Waals surface area contributed by atoms with E-state index in [2.05, 4.69) is 38.5 Å². The van der Waals surface area contributed by atoms with E-state index < -0.39 is 0 Å². The van der Waals surface area contributed by atoms with Crippen molar-refractivity contribution in [3.05, 3.63) is 67.2 Å². The number of nitrogens with zero attached hydrogens (tertiary/aromatic N) is 6. The molecule has 0 radical (unpaired) electrons. The lowest BCUT2D eigenvalue weighted by atomic mass is 10.1. The van der Waals surface area contributed by atoms with Gasteiger partial charge in [0, 0.05) is 48.4 Å². The Balaban J connectivity index is 1.40. The topological polar surface area (TPSA) is 94.1 Å². The summed E-state index contributed by atoms with van der Waals surface area (Å²) >= 11 is 0. The predicted molar refractivity (Wildman–Crippen MR) is 130 cm³/mol. The second-order valence-corrected chi connectivity index (χ2v) is 8.12. The summed E-state index contributed by atoms with van der Waals surface area (Å²) in [4.78, 5) is 16.1. The monoisotopic (exact) mass is 453 g/mol. The first-order valence-corrected chi connectivity index (χ1v) is 11.1. The summed E-state index contributed by atoms with van der Waals surface area (Å²) in [5.41, 5.74) is 4.67. The van der Waals surface area contributed by atoms with Crippen molar-refractivity contribution in [1.82, 2.24) is 24.7 Å². The van der Waals surface area contributed by atoms with Crippen LogP contribution < -0.4 is 10.2 Å². The number of hydrogen-bond donors (Lipinski definition) is 1. The van der Waals surface area contributed by atoms with E-state index in [0.29, 0.717) is 30.9 Å². The van der Waals surface area contributed by atoms with Gasteiger partial charge in [0.05, 0.1) is 36.8 Å². The van der Waals surface area contributed by atoms with Crippen LogP contribution in [0.2, 0.25) is 0 Å². The molecule has 0 aliphatic carbocycles. The van der Waals surface area contributed by atoms with E-state index in [1.54, 1.807) is 12.5 Å². The van der Waals surface area contributed by atoms with E-state index in [1.165, 1.54) is 0 Å². The molecule has 1 aliphatic rings. The first-order valence-electron chi connectivity index (χ1n) is 11.1. The van der Waals surface area contributed by atoms with Crippen molar-refractivity contribution in [2.75, 3.05) is 36.5 Å². The van der Waals surface area contributed by atoms with E-state index >= 15 is 0 Å². The molecular weight excluding hydrogens is 430 g/mol. The van der Waals surface area contributed by atoms with Crippen molar-refractivity contribution in [3.8, 4) is 22.7 Å². The number of aryl methyl sites for hydroxylation is 1. The molecule has 1 N–H and O–H groups in total. The molecule has 1 fully saturated rings. The van der Waals surface area contributed by atoms with Crippen LogP contribution in [0.1, 0.15) is 0 Å². The molecular formula is C25H23N7O2. The lowest BCUT2D eigenvalue weighted by Crippen LogP contribution is -2.37. The highest BCUT2D eigenvalue weighted by Crippen LogP contribution is 2.29. The third-order valence-corrected chi connectivity index (χ3v) is 5.87. The molecule has 2 aromatic carbocycles. The van der Waals surface area contributed by atoms with Crippen molar-refractivity contribution in [2.45, 2.75) is 0 Å². The highest BCUT2D eigenvalue weighted by molar-refractivity contribution is 5.84. The van der Waals surface area contributed by atoms with Gasteiger partial charge in [-0.25, -0.2) is 9.97 Å². The first kappa shape index (κ1) is 20.4. The Morgan fingerprint density at radius 2 is 1.88 bits per heavy atom. The van der Waals surface area contributed by atoms with Gasteiger partial charge in [0.1, 0.15) is 12.1 Å². The molecule has 0 amide bonds. The second-order valence-electron chi connectivity index (χ2n) is 8.12. The largest absolute Gasteiger partial charge is 0.445 e. The zero-order valence-electron chi connectivity index (χ0n) is 18.7. The van der Waals surface area contributed by atoms with Crippen LogP contribution in [0, 0.1) is 0 Å². The average molecular weight is 454 g/mol. The molecule has 5 aromatic rings. The van der Waals surface area contributed by atoms with Gasteiger partial charge in [0.2, 0.25) is 11.8 Å². The summed E-state index contributed by atoms with van der Waals surface area (Å²) < 4.78 is 12.8. The van der Waals surface area contributed by atoms with Crippen LogP contribution in [0.4, 0.5) is 17.5 Å². The minimum atomic E-state index is 0.575. The van der Waals surface area contributed by atoms with Crippen molar-refractivity contribution in [3.63, 3.8) is 0 Å². The zero-order valence-corrected chi connectivity index (χ0v) is 18.7. The Morgan fingerprint density at radius 3 is 2.74 bits per heavy atom. The van der Waals surface area contributed by atoms with Crippen LogP contribution >= 0.6 is 0 Å². The lowest BCUT2D eigenvalue weighted by molar-refractivity contribution is 0.122. The quantitative estimate of drug-likeness (QED) is 0.422. The molecule has 0 spiro atoms. The number of anilines is 3. The standard InChI is InChI=1S/C25H23N7O2/c1-31-22-14-17(5-6-19(22)16-27-31)21-15-23(30-25(29-21)32-8-11-33-12-9-32)28-20-4-2-3-18(13-20)24-26-7-10-34-24/h2-7,10,13-16H,8-9,11-12H2,1H3,(H,28,29,30). The fraction of sp³-hybridized carbons (Fsp3) is 0.200. The fourth-order valence-corrected chi connectivity index (χ4v) is 4.10. The maximum Gasteiger partial charge on any atom is 0.228 e. The van der Waals surface area contributed by atoms with Gasteiger partial charge >= 0.3 is 0 Å². The van der Waals surface area contributed by atoms with Crippen LogP contribution in [-0.4, -0.2) is 51.0 Å². The van der Waals surface area contributed by atoms with E-state index in [9.17, 15) is 0 Å². The van der Waals surface area contributed by atoms with Gasteiger partial charge < -0.3 is 19.4 Å².